The molecule has 0 aliphatic carbocycles. The second-order valence-corrected chi connectivity index (χ2v) is 4.55. The Morgan fingerprint density at radius 3 is 2.38 bits per heavy atom. The normalized spacial score (nSPS) is 10.2. The molecule has 0 aliphatic heterocycles. The maximum atomic E-state index is 5.48. The largest absolute Gasteiger partial charge is 0.493 e. The first-order chi connectivity index (χ1) is 10.3. The third-order valence-electron chi connectivity index (χ3n) is 3.25. The molecule has 0 amide bonds. The Labute approximate surface area is 124 Å². The van der Waals surface area contributed by atoms with Crippen LogP contribution < -0.4 is 19.5 Å². The Morgan fingerprint density at radius 1 is 0.952 bits per heavy atom. The van der Waals surface area contributed by atoms with E-state index in [1.807, 2.05) is 24.4 Å². The van der Waals surface area contributed by atoms with Crippen molar-refractivity contribution in [3.8, 4) is 17.2 Å². The Hall–Kier alpha value is -2.27. The quantitative estimate of drug-likeness (QED) is 0.836. The maximum absolute atomic E-state index is 5.48. The van der Waals surface area contributed by atoms with Crippen molar-refractivity contribution in [3.05, 3.63) is 47.8 Å². The second-order valence-electron chi connectivity index (χ2n) is 4.55. The molecule has 0 aliphatic rings. The predicted octanol–water partition coefficient (Wildman–Crippen LogP) is 1.37. The van der Waals surface area contributed by atoms with E-state index in [4.69, 9.17) is 14.2 Å². The van der Waals surface area contributed by atoms with Gasteiger partial charge in [0, 0.05) is 18.0 Å². The highest BCUT2D eigenvalue weighted by Gasteiger charge is 2.16. The number of aromatic nitrogens is 1. The number of hydrogen-bond donors (Lipinski definition) is 1. The number of nitrogens with zero attached hydrogens (tertiary/aromatic N) is 1. The van der Waals surface area contributed by atoms with Crippen LogP contribution in [0.1, 0.15) is 11.1 Å². The Morgan fingerprint density at radius 2 is 1.76 bits per heavy atom. The molecule has 0 radical (unpaired) electrons. The lowest BCUT2D eigenvalue weighted by Gasteiger charge is -2.15. The summed E-state index contributed by atoms with van der Waals surface area (Å²) in [6.07, 6.45) is 3.66. The maximum Gasteiger partial charge on any atom is 0.203 e. The Balaban J connectivity index is 2.09. The minimum atomic E-state index is 0.632. The fraction of sp³-hybridized carbons (Fsp3) is 0.312. The smallest absolute Gasteiger partial charge is 0.203 e. The highest BCUT2D eigenvalue weighted by atomic mass is 16.5. The van der Waals surface area contributed by atoms with Crippen molar-refractivity contribution < 1.29 is 19.5 Å². The lowest BCUT2D eigenvalue weighted by Crippen LogP contribution is -2.80. The van der Waals surface area contributed by atoms with Crippen molar-refractivity contribution in [2.45, 2.75) is 13.1 Å². The van der Waals surface area contributed by atoms with E-state index in [1.165, 1.54) is 5.56 Å². The topological polar surface area (TPSA) is 57.2 Å². The molecule has 0 saturated heterocycles. The van der Waals surface area contributed by atoms with Gasteiger partial charge in [-0.2, -0.15) is 0 Å². The van der Waals surface area contributed by atoms with Gasteiger partial charge in [0.25, 0.3) is 0 Å². The number of methoxy groups -OCH3 is 3. The number of ether oxygens (including phenoxy) is 3. The van der Waals surface area contributed by atoms with Gasteiger partial charge in [0.2, 0.25) is 5.75 Å². The van der Waals surface area contributed by atoms with Crippen LogP contribution in [0, 0.1) is 0 Å². The molecule has 5 heteroatoms. The van der Waals surface area contributed by atoms with Gasteiger partial charge in [-0.3, -0.25) is 4.98 Å². The van der Waals surface area contributed by atoms with E-state index in [2.05, 4.69) is 16.4 Å². The summed E-state index contributed by atoms with van der Waals surface area (Å²) in [5, 5.41) is 2.20. The monoisotopic (exact) mass is 289 g/mol. The molecule has 0 unspecified atom stereocenters. The third kappa shape index (κ3) is 3.64. The molecule has 0 spiro atoms. The van der Waals surface area contributed by atoms with Gasteiger partial charge in [0.05, 0.1) is 26.9 Å². The van der Waals surface area contributed by atoms with Crippen LogP contribution in [0.2, 0.25) is 0 Å². The van der Waals surface area contributed by atoms with Crippen molar-refractivity contribution in [3.63, 3.8) is 0 Å². The summed E-state index contributed by atoms with van der Waals surface area (Å²) in [4.78, 5) is 4.11. The molecule has 2 aromatic rings. The van der Waals surface area contributed by atoms with Gasteiger partial charge < -0.3 is 19.5 Å². The minimum absolute atomic E-state index is 0.632. The fourth-order valence-corrected chi connectivity index (χ4v) is 2.24. The Bertz CT molecular complexity index is 573. The Kier molecular flexibility index (Phi) is 5.40. The summed E-state index contributed by atoms with van der Waals surface area (Å²) in [6.45, 7) is 1.66. The van der Waals surface area contributed by atoms with Gasteiger partial charge in [-0.05, 0) is 18.2 Å². The molecular weight excluding hydrogens is 268 g/mol. The number of hydrogen-bond acceptors (Lipinski definition) is 4. The number of pyridine rings is 1. The molecule has 112 valence electrons. The van der Waals surface area contributed by atoms with Crippen LogP contribution in [0.4, 0.5) is 0 Å². The molecule has 21 heavy (non-hydrogen) atoms. The first kappa shape index (κ1) is 15.1. The molecule has 1 aromatic carbocycles. The zero-order valence-electron chi connectivity index (χ0n) is 12.6. The van der Waals surface area contributed by atoms with E-state index in [1.54, 1.807) is 27.5 Å². The number of benzene rings is 1. The zero-order chi connectivity index (χ0) is 15.1. The van der Waals surface area contributed by atoms with Crippen molar-refractivity contribution in [1.29, 1.82) is 0 Å². The van der Waals surface area contributed by atoms with Crippen LogP contribution in [0.3, 0.4) is 0 Å². The molecule has 5 nitrogen and oxygen atoms in total. The van der Waals surface area contributed by atoms with E-state index in [-0.39, 0.29) is 0 Å². The lowest BCUT2D eigenvalue weighted by molar-refractivity contribution is -0.686. The van der Waals surface area contributed by atoms with Gasteiger partial charge in [-0.15, -0.1) is 0 Å². The van der Waals surface area contributed by atoms with Crippen molar-refractivity contribution >= 4 is 0 Å². The first-order valence-electron chi connectivity index (χ1n) is 6.78. The van der Waals surface area contributed by atoms with Crippen LogP contribution in [0.25, 0.3) is 0 Å². The minimum Gasteiger partial charge on any atom is -0.493 e. The van der Waals surface area contributed by atoms with Crippen molar-refractivity contribution in [2.75, 3.05) is 21.3 Å². The summed E-state index contributed by atoms with van der Waals surface area (Å²) in [5.74, 6) is 2.02. The summed E-state index contributed by atoms with van der Waals surface area (Å²) >= 11 is 0. The van der Waals surface area contributed by atoms with E-state index in [0.29, 0.717) is 11.5 Å². The SMILES string of the molecule is COc1ccc(C[NH2+]Cc2cccnc2)c(OC)c1OC. The summed E-state index contributed by atoms with van der Waals surface area (Å²) in [6, 6.07) is 7.91. The third-order valence-corrected chi connectivity index (χ3v) is 3.25. The molecule has 2 N–H and O–H groups in total. The van der Waals surface area contributed by atoms with E-state index in [9.17, 15) is 0 Å². The standard InChI is InChI=1S/C16H20N2O3/c1-19-14-7-6-13(15(20-2)16(14)21-3)11-18-10-12-5-4-8-17-9-12/h4-9,18H,10-11H2,1-3H3/p+1. The van der Waals surface area contributed by atoms with Crippen LogP contribution in [0.5, 0.6) is 17.2 Å². The second kappa shape index (κ2) is 7.50. The highest BCUT2D eigenvalue weighted by Crippen LogP contribution is 2.39. The van der Waals surface area contributed by atoms with Gasteiger partial charge >= 0.3 is 0 Å². The average molecular weight is 289 g/mol. The van der Waals surface area contributed by atoms with E-state index < -0.39 is 0 Å². The van der Waals surface area contributed by atoms with Crippen LogP contribution in [-0.2, 0) is 13.1 Å². The van der Waals surface area contributed by atoms with Crippen LogP contribution >= 0.6 is 0 Å². The number of rotatable bonds is 7. The molecule has 0 saturated carbocycles. The average Bonchev–Trinajstić information content (AvgIpc) is 2.55. The molecule has 0 fully saturated rings. The zero-order valence-corrected chi connectivity index (χ0v) is 12.6. The van der Waals surface area contributed by atoms with Crippen molar-refractivity contribution in [1.82, 2.24) is 4.98 Å². The van der Waals surface area contributed by atoms with Crippen LogP contribution in [-0.4, -0.2) is 26.3 Å². The summed E-state index contributed by atoms with van der Waals surface area (Å²) in [5.41, 5.74) is 2.26. The van der Waals surface area contributed by atoms with E-state index >= 15 is 0 Å². The first-order valence-corrected chi connectivity index (χ1v) is 6.78. The molecule has 0 bridgehead atoms. The van der Waals surface area contributed by atoms with E-state index in [0.717, 1.165) is 24.4 Å². The summed E-state index contributed by atoms with van der Waals surface area (Å²) in [7, 11) is 4.87. The van der Waals surface area contributed by atoms with Gasteiger partial charge in [0.15, 0.2) is 11.5 Å². The highest BCUT2D eigenvalue weighted by molar-refractivity contribution is 5.55. The van der Waals surface area contributed by atoms with Gasteiger partial charge in [-0.25, -0.2) is 0 Å². The van der Waals surface area contributed by atoms with Crippen LogP contribution in [0.15, 0.2) is 36.7 Å². The molecule has 1 aromatic heterocycles. The predicted molar refractivity (Wildman–Crippen MR) is 79.7 cm³/mol. The summed E-state index contributed by atoms with van der Waals surface area (Å²) < 4.78 is 16.1. The fourth-order valence-electron chi connectivity index (χ4n) is 2.24. The van der Waals surface area contributed by atoms with Gasteiger partial charge in [0.1, 0.15) is 13.1 Å². The van der Waals surface area contributed by atoms with Crippen molar-refractivity contribution in [2.24, 2.45) is 0 Å². The molecular formula is C16H21N2O3+. The van der Waals surface area contributed by atoms with Gasteiger partial charge in [-0.1, -0.05) is 6.07 Å². The lowest BCUT2D eigenvalue weighted by atomic mass is 10.1. The molecule has 1 heterocycles. The number of nitrogens with two attached hydrogens (primary N) is 1. The molecule has 2 rings (SSSR count). The number of quaternary nitrogens is 1. The molecule has 0 atom stereocenters.